The second-order valence-electron chi connectivity index (χ2n) is 3.71. The molecule has 0 aromatic heterocycles. The molecule has 0 amide bonds. The van der Waals surface area contributed by atoms with E-state index in [0.29, 0.717) is 0 Å². The average molecular weight is 342 g/mol. The van der Waals surface area contributed by atoms with Crippen LogP contribution in [-0.2, 0) is 0 Å². The quantitative estimate of drug-likeness (QED) is 0.599. The zero-order chi connectivity index (χ0) is 17.1. The first kappa shape index (κ1) is 26.2. The van der Waals surface area contributed by atoms with Gasteiger partial charge < -0.3 is 29.9 Å². The minimum Gasteiger partial charge on any atom is -0.508 e. The molecule has 138 valence electrons. The molecule has 0 aliphatic carbocycles. The molecular weight excluding hydrogens is 312 g/mol. The molecule has 0 fully saturated rings. The van der Waals surface area contributed by atoms with Crippen molar-refractivity contribution in [1.82, 2.24) is 0 Å². The maximum absolute atomic E-state index is 9.00. The molecule has 0 aliphatic rings. The molecule has 0 bridgehead atoms. The van der Waals surface area contributed by atoms with E-state index in [1.807, 2.05) is 13.8 Å². The summed E-state index contributed by atoms with van der Waals surface area (Å²) in [5.41, 5.74) is 0. The van der Waals surface area contributed by atoms with Gasteiger partial charge in [-0.1, -0.05) is 28.7 Å². The van der Waals surface area contributed by atoms with Crippen LogP contribution in [0.15, 0.2) is 36.4 Å². The number of hydrogen-bond donors (Lipinski definition) is 4. The lowest BCUT2D eigenvalue weighted by Gasteiger charge is -2.01. The Morgan fingerprint density at radius 3 is 1.12 bits per heavy atom. The van der Waals surface area contributed by atoms with Crippen molar-refractivity contribution < 1.29 is 29.9 Å². The lowest BCUT2D eigenvalue weighted by Crippen LogP contribution is -1.81. The van der Waals surface area contributed by atoms with Crippen LogP contribution in [0.25, 0.3) is 0 Å². The van der Waals surface area contributed by atoms with E-state index in [9.17, 15) is 0 Å². The Labute approximate surface area is 144 Å². The van der Waals surface area contributed by atoms with Crippen LogP contribution in [0.2, 0.25) is 0 Å². The third-order valence-corrected chi connectivity index (χ3v) is 2.33. The average Bonchev–Trinajstić information content (AvgIpc) is 2.54. The highest BCUT2D eigenvalue weighted by molar-refractivity contribution is 5.44. The second-order valence-corrected chi connectivity index (χ2v) is 3.71. The van der Waals surface area contributed by atoms with Crippen molar-refractivity contribution in [2.24, 2.45) is 0 Å². The van der Waals surface area contributed by atoms with Gasteiger partial charge in [0.15, 0.2) is 23.0 Å². The van der Waals surface area contributed by atoms with Crippen LogP contribution in [0.4, 0.5) is 0 Å². The van der Waals surface area contributed by atoms with Crippen LogP contribution in [0.3, 0.4) is 0 Å². The molecule has 2 aromatic carbocycles. The van der Waals surface area contributed by atoms with Crippen molar-refractivity contribution in [3.05, 3.63) is 36.4 Å². The first-order valence-electron chi connectivity index (χ1n) is 6.60. The lowest BCUT2D eigenvalue weighted by molar-refractivity contribution is 0.368. The summed E-state index contributed by atoms with van der Waals surface area (Å²) in [5.74, 6) is 0.768. The zero-order valence-corrected chi connectivity index (χ0v) is 13.1. The smallest absolute Gasteiger partial charge is 0.164 e. The lowest BCUT2D eigenvalue weighted by atomic mass is 10.3. The molecule has 2 rings (SSSR count). The summed E-state index contributed by atoms with van der Waals surface area (Å²) in [6.07, 6.45) is 0. The topological polar surface area (TPSA) is 99.4 Å². The second kappa shape index (κ2) is 13.9. The monoisotopic (exact) mass is 342 g/mol. The molecule has 0 saturated heterocycles. The molecule has 6 nitrogen and oxygen atoms in total. The summed E-state index contributed by atoms with van der Waals surface area (Å²) >= 11 is 0. The van der Waals surface area contributed by atoms with Crippen molar-refractivity contribution in [2.75, 3.05) is 14.2 Å². The van der Waals surface area contributed by atoms with E-state index in [0.717, 1.165) is 0 Å². The predicted octanol–water partition coefficient (Wildman–Crippen LogP) is 4.51. The van der Waals surface area contributed by atoms with E-state index in [1.165, 1.54) is 50.6 Å². The molecule has 0 unspecified atom stereocenters. The van der Waals surface area contributed by atoms with Crippen molar-refractivity contribution in [2.45, 2.75) is 28.7 Å². The van der Waals surface area contributed by atoms with Gasteiger partial charge in [0.25, 0.3) is 0 Å². The Morgan fingerprint density at radius 1 is 0.625 bits per heavy atom. The fourth-order valence-electron chi connectivity index (χ4n) is 1.33. The van der Waals surface area contributed by atoms with Crippen LogP contribution in [0.1, 0.15) is 28.7 Å². The molecular formula is C18H30O6. The first-order valence-corrected chi connectivity index (χ1v) is 6.60. The van der Waals surface area contributed by atoms with Crippen molar-refractivity contribution in [1.29, 1.82) is 0 Å². The Morgan fingerprint density at radius 2 is 0.917 bits per heavy atom. The molecule has 0 spiro atoms. The van der Waals surface area contributed by atoms with Gasteiger partial charge in [0.2, 0.25) is 0 Å². The Hall–Kier alpha value is -2.76. The largest absolute Gasteiger partial charge is 0.508 e. The minimum absolute atomic E-state index is 0. The van der Waals surface area contributed by atoms with Gasteiger partial charge in [-0.2, -0.15) is 0 Å². The van der Waals surface area contributed by atoms with Crippen molar-refractivity contribution >= 4 is 0 Å². The highest BCUT2D eigenvalue weighted by atomic mass is 16.5. The normalized spacial score (nSPS) is 8.00. The first-order chi connectivity index (χ1) is 10.5. The minimum atomic E-state index is 0. The van der Waals surface area contributed by atoms with Gasteiger partial charge >= 0.3 is 0 Å². The number of hydrogen-bond acceptors (Lipinski definition) is 6. The van der Waals surface area contributed by atoms with E-state index in [2.05, 4.69) is 0 Å². The number of phenolic OH excluding ortho intramolecular Hbond substituents is 4. The van der Waals surface area contributed by atoms with E-state index < -0.39 is 0 Å². The summed E-state index contributed by atoms with van der Waals surface area (Å²) in [4.78, 5) is 0. The maximum Gasteiger partial charge on any atom is 0.164 e. The van der Waals surface area contributed by atoms with Crippen LogP contribution < -0.4 is 9.47 Å². The van der Waals surface area contributed by atoms with Crippen molar-refractivity contribution in [3.8, 4) is 34.5 Å². The van der Waals surface area contributed by atoms with Gasteiger partial charge in [-0.05, 0) is 24.3 Å². The van der Waals surface area contributed by atoms with Crippen LogP contribution in [0, 0.1) is 0 Å². The van der Waals surface area contributed by atoms with Gasteiger partial charge in [-0.25, -0.2) is 0 Å². The third-order valence-electron chi connectivity index (χ3n) is 2.33. The van der Waals surface area contributed by atoms with Gasteiger partial charge in [0, 0.05) is 12.1 Å². The van der Waals surface area contributed by atoms with Crippen LogP contribution in [-0.4, -0.2) is 34.6 Å². The Kier molecular flexibility index (Phi) is 15.1. The van der Waals surface area contributed by atoms with Crippen LogP contribution >= 0.6 is 0 Å². The van der Waals surface area contributed by atoms with Gasteiger partial charge in [0.05, 0.1) is 14.2 Å². The summed E-state index contributed by atoms with van der Waals surface area (Å²) in [6.45, 7) is 4.00. The third kappa shape index (κ3) is 8.63. The maximum atomic E-state index is 9.00. The van der Waals surface area contributed by atoms with Gasteiger partial charge in [0.1, 0.15) is 11.5 Å². The predicted molar refractivity (Wildman–Crippen MR) is 97.5 cm³/mol. The Balaban J connectivity index is -0.000000310. The molecule has 24 heavy (non-hydrogen) atoms. The summed E-state index contributed by atoms with van der Waals surface area (Å²) < 4.78 is 9.43. The molecule has 0 aliphatic heterocycles. The van der Waals surface area contributed by atoms with E-state index in [1.54, 1.807) is 0 Å². The number of aromatic hydroxyl groups is 4. The number of methoxy groups -OCH3 is 2. The van der Waals surface area contributed by atoms with Gasteiger partial charge in [-0.3, -0.25) is 0 Å². The zero-order valence-electron chi connectivity index (χ0n) is 13.1. The van der Waals surface area contributed by atoms with E-state index in [-0.39, 0.29) is 49.4 Å². The molecule has 0 saturated carbocycles. The molecule has 6 heteroatoms. The number of rotatable bonds is 2. The highest BCUT2D eigenvalue weighted by Crippen LogP contribution is 2.29. The molecule has 4 N–H and O–H groups in total. The SMILES string of the molecule is C.C.CC.COc1cc(O)ccc1O.COc1cc(O)ccc1O. The molecule has 0 heterocycles. The standard InChI is InChI=1S/2C7H8O3.C2H6.2CH4/c2*1-10-7-4-5(8)2-3-6(7)9;1-2;;/h2*2-4,8-9H,1H3;1-2H3;2*1H4. The fraction of sp³-hybridized carbons (Fsp3) is 0.333. The number of phenols is 4. The number of benzene rings is 2. The molecule has 2 aromatic rings. The fourth-order valence-corrected chi connectivity index (χ4v) is 1.33. The van der Waals surface area contributed by atoms with E-state index in [4.69, 9.17) is 29.9 Å². The molecule has 0 atom stereocenters. The van der Waals surface area contributed by atoms with Crippen molar-refractivity contribution in [3.63, 3.8) is 0 Å². The number of ether oxygens (including phenoxy) is 2. The summed E-state index contributed by atoms with van der Waals surface area (Å²) in [7, 11) is 2.85. The summed E-state index contributed by atoms with van der Waals surface area (Å²) in [5, 5.41) is 35.8. The van der Waals surface area contributed by atoms with E-state index >= 15 is 0 Å². The van der Waals surface area contributed by atoms with Gasteiger partial charge in [-0.15, -0.1) is 0 Å². The highest BCUT2D eigenvalue weighted by Gasteiger charge is 2.00. The summed E-state index contributed by atoms with van der Waals surface area (Å²) in [6, 6.07) is 8.20. The Bertz CT molecular complexity index is 518. The molecule has 0 radical (unpaired) electrons. The van der Waals surface area contributed by atoms with Crippen LogP contribution in [0.5, 0.6) is 34.5 Å².